The van der Waals surface area contributed by atoms with Crippen LogP contribution in [0.4, 0.5) is 0 Å². The highest BCUT2D eigenvalue weighted by atomic mass is 16.5. The molecular weight excluding hydrogens is 330 g/mol. The van der Waals surface area contributed by atoms with Crippen LogP contribution in [0, 0.1) is 0 Å². The molecule has 0 radical (unpaired) electrons. The quantitative estimate of drug-likeness (QED) is 0.809. The van der Waals surface area contributed by atoms with Gasteiger partial charge in [-0.1, -0.05) is 48.5 Å². The van der Waals surface area contributed by atoms with Crippen molar-refractivity contribution in [3.8, 4) is 5.75 Å². The smallest absolute Gasteiger partial charge is 0.338 e. The van der Waals surface area contributed by atoms with E-state index in [0.717, 1.165) is 11.1 Å². The minimum Gasteiger partial charge on any atom is -0.496 e. The fourth-order valence-electron chi connectivity index (χ4n) is 2.94. The summed E-state index contributed by atoms with van der Waals surface area (Å²) < 4.78 is 10.8. The first-order valence-electron chi connectivity index (χ1n) is 8.35. The SMILES string of the molecule is CCOC(=O)C1=C(c2ccccc2)NC(N)=NC1c1ccccc1OC. The number of benzene rings is 2. The van der Waals surface area contributed by atoms with Gasteiger partial charge in [0.05, 0.1) is 25.0 Å². The van der Waals surface area contributed by atoms with E-state index in [2.05, 4.69) is 10.3 Å². The molecule has 0 saturated heterocycles. The average Bonchev–Trinajstić information content (AvgIpc) is 2.68. The van der Waals surface area contributed by atoms with Gasteiger partial charge in [0, 0.05) is 5.56 Å². The van der Waals surface area contributed by atoms with Crippen molar-refractivity contribution in [2.75, 3.05) is 13.7 Å². The van der Waals surface area contributed by atoms with Crippen LogP contribution in [0.15, 0.2) is 65.2 Å². The van der Waals surface area contributed by atoms with Crippen LogP contribution < -0.4 is 15.8 Å². The lowest BCUT2D eigenvalue weighted by Crippen LogP contribution is -2.37. The van der Waals surface area contributed by atoms with E-state index in [0.29, 0.717) is 17.0 Å². The van der Waals surface area contributed by atoms with Gasteiger partial charge in [-0.25, -0.2) is 9.79 Å². The summed E-state index contributed by atoms with van der Waals surface area (Å²) in [5.41, 5.74) is 8.59. The van der Waals surface area contributed by atoms with Gasteiger partial charge in [-0.05, 0) is 18.6 Å². The van der Waals surface area contributed by atoms with Crippen LogP contribution in [-0.2, 0) is 9.53 Å². The van der Waals surface area contributed by atoms with Gasteiger partial charge in [-0.2, -0.15) is 0 Å². The summed E-state index contributed by atoms with van der Waals surface area (Å²) in [6, 6.07) is 16.3. The van der Waals surface area contributed by atoms with Gasteiger partial charge >= 0.3 is 5.97 Å². The van der Waals surface area contributed by atoms with Crippen molar-refractivity contribution in [3.63, 3.8) is 0 Å². The maximum absolute atomic E-state index is 12.8. The van der Waals surface area contributed by atoms with Crippen molar-refractivity contribution < 1.29 is 14.3 Å². The first-order chi connectivity index (χ1) is 12.7. The molecular formula is C20H21N3O3. The summed E-state index contributed by atoms with van der Waals surface area (Å²) in [6.07, 6.45) is 0. The third kappa shape index (κ3) is 3.39. The maximum atomic E-state index is 12.8. The first kappa shape index (κ1) is 17.5. The molecule has 0 aliphatic carbocycles. The van der Waals surface area contributed by atoms with Crippen LogP contribution in [-0.4, -0.2) is 25.6 Å². The minimum absolute atomic E-state index is 0.229. The number of rotatable bonds is 5. The molecule has 1 aliphatic rings. The Morgan fingerprint density at radius 1 is 1.15 bits per heavy atom. The van der Waals surface area contributed by atoms with E-state index in [1.807, 2.05) is 54.6 Å². The third-order valence-corrected chi connectivity index (χ3v) is 4.06. The monoisotopic (exact) mass is 351 g/mol. The first-order valence-corrected chi connectivity index (χ1v) is 8.35. The molecule has 3 rings (SSSR count). The van der Waals surface area contributed by atoms with Gasteiger partial charge in [0.2, 0.25) is 0 Å². The number of nitrogens with two attached hydrogens (primary N) is 1. The second-order valence-corrected chi connectivity index (χ2v) is 5.66. The largest absolute Gasteiger partial charge is 0.496 e. The van der Waals surface area contributed by atoms with Gasteiger partial charge in [0.1, 0.15) is 11.8 Å². The molecule has 0 amide bonds. The average molecular weight is 351 g/mol. The normalized spacial score (nSPS) is 16.5. The minimum atomic E-state index is -0.623. The van der Waals surface area contributed by atoms with E-state index in [1.165, 1.54) is 0 Å². The topological polar surface area (TPSA) is 85.9 Å². The van der Waals surface area contributed by atoms with Crippen molar-refractivity contribution in [1.82, 2.24) is 5.32 Å². The number of hydrogen-bond donors (Lipinski definition) is 2. The van der Waals surface area contributed by atoms with E-state index >= 15 is 0 Å². The van der Waals surface area contributed by atoms with Crippen molar-refractivity contribution >= 4 is 17.6 Å². The van der Waals surface area contributed by atoms with Gasteiger partial charge in [-0.15, -0.1) is 0 Å². The predicted molar refractivity (Wildman–Crippen MR) is 100 cm³/mol. The Morgan fingerprint density at radius 2 is 1.85 bits per heavy atom. The molecule has 0 fully saturated rings. The van der Waals surface area contributed by atoms with Crippen LogP contribution in [0.5, 0.6) is 5.75 Å². The number of carbonyl (C=O) groups is 1. The van der Waals surface area contributed by atoms with E-state index in [4.69, 9.17) is 15.2 Å². The standard InChI is InChI=1S/C20H21N3O3/c1-3-26-19(24)16-17(13-9-5-4-6-10-13)22-20(21)23-18(16)14-11-7-8-12-15(14)25-2/h4-12,18H,3H2,1-2H3,(H3,21,22,23). The van der Waals surface area contributed by atoms with Crippen molar-refractivity contribution in [2.45, 2.75) is 13.0 Å². The molecule has 3 N–H and O–H groups in total. The highest BCUT2D eigenvalue weighted by molar-refractivity contribution is 6.04. The Morgan fingerprint density at radius 3 is 2.54 bits per heavy atom. The molecule has 1 heterocycles. The number of nitrogens with one attached hydrogen (secondary N) is 1. The summed E-state index contributed by atoms with van der Waals surface area (Å²) in [6.45, 7) is 2.04. The molecule has 0 aromatic heterocycles. The summed E-state index contributed by atoms with van der Waals surface area (Å²) in [4.78, 5) is 17.3. The highest BCUT2D eigenvalue weighted by Crippen LogP contribution is 2.38. The Labute approximate surface area is 152 Å². The van der Waals surface area contributed by atoms with Crippen LogP contribution in [0.1, 0.15) is 24.1 Å². The second-order valence-electron chi connectivity index (χ2n) is 5.66. The zero-order valence-electron chi connectivity index (χ0n) is 14.7. The zero-order valence-corrected chi connectivity index (χ0v) is 14.7. The summed E-state index contributed by atoms with van der Waals surface area (Å²) in [5, 5.41) is 3.02. The number of nitrogens with zero attached hydrogens (tertiary/aromatic N) is 1. The number of aliphatic imine (C=N–C) groups is 1. The number of ether oxygens (including phenoxy) is 2. The molecule has 1 aliphatic heterocycles. The number of guanidine groups is 1. The van der Waals surface area contributed by atoms with E-state index in [1.54, 1.807) is 14.0 Å². The van der Waals surface area contributed by atoms with Gasteiger partial charge in [0.15, 0.2) is 5.96 Å². The maximum Gasteiger partial charge on any atom is 0.338 e. The van der Waals surface area contributed by atoms with Crippen molar-refractivity contribution in [1.29, 1.82) is 0 Å². The van der Waals surface area contributed by atoms with Crippen LogP contribution in [0.25, 0.3) is 5.70 Å². The lowest BCUT2D eigenvalue weighted by molar-refractivity contribution is -0.138. The second kappa shape index (κ2) is 7.74. The van der Waals surface area contributed by atoms with E-state index < -0.39 is 12.0 Å². The van der Waals surface area contributed by atoms with E-state index in [9.17, 15) is 4.79 Å². The fraction of sp³-hybridized carbons (Fsp3) is 0.200. The lowest BCUT2D eigenvalue weighted by Gasteiger charge is -2.27. The molecule has 2 aromatic carbocycles. The zero-order chi connectivity index (χ0) is 18.5. The Bertz CT molecular complexity index is 860. The number of methoxy groups -OCH3 is 1. The molecule has 134 valence electrons. The fourth-order valence-corrected chi connectivity index (χ4v) is 2.94. The van der Waals surface area contributed by atoms with Gasteiger partial charge < -0.3 is 20.5 Å². The van der Waals surface area contributed by atoms with Crippen LogP contribution in [0.3, 0.4) is 0 Å². The van der Waals surface area contributed by atoms with E-state index in [-0.39, 0.29) is 12.6 Å². The molecule has 1 atom stereocenters. The molecule has 0 spiro atoms. The number of para-hydroxylation sites is 1. The van der Waals surface area contributed by atoms with Crippen LogP contribution in [0.2, 0.25) is 0 Å². The summed E-state index contributed by atoms with van der Waals surface area (Å²) in [7, 11) is 1.58. The molecule has 6 heteroatoms. The molecule has 2 aromatic rings. The Kier molecular flexibility index (Phi) is 5.22. The molecule has 0 saturated carbocycles. The van der Waals surface area contributed by atoms with Gasteiger partial charge in [-0.3, -0.25) is 0 Å². The van der Waals surface area contributed by atoms with Crippen molar-refractivity contribution in [2.24, 2.45) is 10.7 Å². The Hall–Kier alpha value is -3.28. The van der Waals surface area contributed by atoms with Crippen molar-refractivity contribution in [3.05, 3.63) is 71.3 Å². The molecule has 26 heavy (non-hydrogen) atoms. The van der Waals surface area contributed by atoms with Crippen LogP contribution >= 0.6 is 0 Å². The lowest BCUT2D eigenvalue weighted by atomic mass is 9.93. The summed E-state index contributed by atoms with van der Waals surface area (Å²) in [5.74, 6) is 0.420. The van der Waals surface area contributed by atoms with Gasteiger partial charge in [0.25, 0.3) is 0 Å². The predicted octanol–water partition coefficient (Wildman–Crippen LogP) is 2.63. The molecule has 6 nitrogen and oxygen atoms in total. The molecule has 1 unspecified atom stereocenters. The number of carbonyl (C=O) groups excluding carboxylic acids is 1. The third-order valence-electron chi connectivity index (χ3n) is 4.06. The summed E-state index contributed by atoms with van der Waals surface area (Å²) >= 11 is 0. The molecule has 0 bridgehead atoms. The number of hydrogen-bond acceptors (Lipinski definition) is 6. The Balaban J connectivity index is 2.21. The number of esters is 1. The highest BCUT2D eigenvalue weighted by Gasteiger charge is 2.33.